The number of carbonyl (C=O) groups excluding carboxylic acids is 2. The van der Waals surface area contributed by atoms with Crippen molar-refractivity contribution in [2.45, 2.75) is 25.7 Å². The number of benzene rings is 2. The van der Waals surface area contributed by atoms with Crippen molar-refractivity contribution in [1.29, 1.82) is 0 Å². The molecule has 7 heteroatoms. The second-order valence-corrected chi connectivity index (χ2v) is 8.46. The average Bonchev–Trinajstić information content (AvgIpc) is 3.26. The minimum absolute atomic E-state index is 0.0315. The number of Topliss-reactive ketones (excluding diaryl/α,β-unsaturated/α-hetero) is 1. The van der Waals surface area contributed by atoms with Gasteiger partial charge in [-0.2, -0.15) is 0 Å². The average molecular weight is 415 g/mol. The zero-order chi connectivity index (χ0) is 19.7. The van der Waals surface area contributed by atoms with Gasteiger partial charge in [-0.3, -0.25) is 9.59 Å². The summed E-state index contributed by atoms with van der Waals surface area (Å²) in [6, 6.07) is 13.0. The number of ether oxygens (including phenoxy) is 1. The molecule has 1 saturated heterocycles. The van der Waals surface area contributed by atoms with E-state index in [0.717, 1.165) is 15.8 Å². The number of carbonyl (C=O) groups is 2. The third-order valence-electron chi connectivity index (χ3n) is 4.95. The van der Waals surface area contributed by atoms with Crippen molar-refractivity contribution in [3.05, 3.63) is 53.1 Å². The van der Waals surface area contributed by atoms with Gasteiger partial charge in [-0.1, -0.05) is 42.0 Å². The maximum Gasteiger partial charge on any atom is 0.279 e. The van der Waals surface area contributed by atoms with Gasteiger partial charge in [-0.05, 0) is 41.8 Å². The van der Waals surface area contributed by atoms with Crippen molar-refractivity contribution in [3.63, 3.8) is 0 Å². The number of fused-ring (bicyclic) bond motifs is 1. The first-order valence-corrected chi connectivity index (χ1v) is 10.3. The maximum absolute atomic E-state index is 12.5. The number of ketones is 1. The van der Waals surface area contributed by atoms with E-state index >= 15 is 0 Å². The Morgan fingerprint density at radius 2 is 2.11 bits per heavy atom. The fourth-order valence-corrected chi connectivity index (χ4v) is 4.41. The first-order chi connectivity index (χ1) is 13.5. The Labute approximate surface area is 171 Å². The van der Waals surface area contributed by atoms with Crippen LogP contribution in [0.3, 0.4) is 0 Å². The summed E-state index contributed by atoms with van der Waals surface area (Å²) in [5, 5.41) is 4.00. The molecule has 1 N–H and O–H groups in total. The van der Waals surface area contributed by atoms with Gasteiger partial charge in [-0.15, -0.1) is 0 Å². The van der Waals surface area contributed by atoms with Crippen LogP contribution in [0.4, 0.5) is 0 Å². The molecule has 1 aromatic heterocycles. The van der Waals surface area contributed by atoms with E-state index in [-0.39, 0.29) is 23.5 Å². The maximum atomic E-state index is 12.5. The lowest BCUT2D eigenvalue weighted by molar-refractivity contribution is -0.121. The van der Waals surface area contributed by atoms with Crippen LogP contribution in [0, 0.1) is 5.92 Å². The molecule has 1 aliphatic heterocycles. The molecule has 4 rings (SSSR count). The largest absolute Gasteiger partial charge is 0.431 e. The Kier molecular flexibility index (Phi) is 5.33. The number of hydrogen-bond acceptors (Lipinski definition) is 5. The molecule has 2 unspecified atom stereocenters. The van der Waals surface area contributed by atoms with E-state index in [1.807, 2.05) is 43.3 Å². The molecule has 1 amide bonds. The lowest BCUT2D eigenvalue weighted by Gasteiger charge is -2.14. The third kappa shape index (κ3) is 4.18. The molecule has 0 radical (unpaired) electrons. The Bertz CT molecular complexity index is 1030. The molecule has 0 saturated carbocycles. The first kappa shape index (κ1) is 18.9. The second kappa shape index (κ2) is 7.89. The van der Waals surface area contributed by atoms with Crippen LogP contribution in [0.2, 0.25) is 5.02 Å². The van der Waals surface area contributed by atoms with Crippen LogP contribution >= 0.6 is 22.9 Å². The zero-order valence-corrected chi connectivity index (χ0v) is 16.8. The van der Waals surface area contributed by atoms with E-state index < -0.39 is 0 Å². The highest BCUT2D eigenvalue weighted by atomic mass is 35.5. The number of aromatic nitrogens is 1. The lowest BCUT2D eigenvalue weighted by Crippen LogP contribution is -2.17. The van der Waals surface area contributed by atoms with Crippen molar-refractivity contribution in [2.24, 2.45) is 5.92 Å². The Morgan fingerprint density at radius 1 is 1.32 bits per heavy atom. The smallest absolute Gasteiger partial charge is 0.279 e. The molecule has 2 aromatic carbocycles. The summed E-state index contributed by atoms with van der Waals surface area (Å²) in [5.74, 6) is 0.744. The Morgan fingerprint density at radius 3 is 2.82 bits per heavy atom. The van der Waals surface area contributed by atoms with Gasteiger partial charge in [0.1, 0.15) is 11.5 Å². The van der Waals surface area contributed by atoms with Crippen molar-refractivity contribution in [2.75, 3.05) is 6.54 Å². The molecule has 3 aromatic rings. The van der Waals surface area contributed by atoms with Crippen LogP contribution in [0.15, 0.2) is 42.5 Å². The minimum atomic E-state index is -0.214. The van der Waals surface area contributed by atoms with E-state index in [0.29, 0.717) is 35.4 Å². The summed E-state index contributed by atoms with van der Waals surface area (Å²) < 4.78 is 6.82. The molecule has 2 atom stereocenters. The van der Waals surface area contributed by atoms with Crippen LogP contribution in [0.5, 0.6) is 10.9 Å². The SMILES string of the molecule is CC(C(=O)CC1CNC(=O)C1)c1ccc(Oc2nc3ccc(Cl)cc3s2)cc1. The van der Waals surface area contributed by atoms with E-state index in [4.69, 9.17) is 16.3 Å². The normalized spacial score (nSPS) is 17.5. The van der Waals surface area contributed by atoms with Crippen molar-refractivity contribution >= 4 is 44.8 Å². The van der Waals surface area contributed by atoms with E-state index in [2.05, 4.69) is 10.3 Å². The summed E-state index contributed by atoms with van der Waals surface area (Å²) >= 11 is 7.45. The quantitative estimate of drug-likeness (QED) is 0.620. The van der Waals surface area contributed by atoms with Gasteiger partial charge in [-0.25, -0.2) is 4.98 Å². The number of amides is 1. The molecule has 28 heavy (non-hydrogen) atoms. The molecule has 1 fully saturated rings. The van der Waals surface area contributed by atoms with Crippen molar-refractivity contribution in [1.82, 2.24) is 10.3 Å². The van der Waals surface area contributed by atoms with Crippen molar-refractivity contribution in [3.8, 4) is 10.9 Å². The molecule has 2 heterocycles. The summed E-state index contributed by atoms with van der Waals surface area (Å²) in [6.45, 7) is 2.50. The summed E-state index contributed by atoms with van der Waals surface area (Å²) in [4.78, 5) is 28.3. The highest BCUT2D eigenvalue weighted by Crippen LogP contribution is 2.33. The van der Waals surface area contributed by atoms with Crippen molar-refractivity contribution < 1.29 is 14.3 Å². The van der Waals surface area contributed by atoms with Crippen LogP contribution in [-0.2, 0) is 9.59 Å². The zero-order valence-electron chi connectivity index (χ0n) is 15.3. The molecule has 144 valence electrons. The predicted octanol–water partition coefficient (Wildman–Crippen LogP) is 4.94. The van der Waals surface area contributed by atoms with Gasteiger partial charge >= 0.3 is 0 Å². The Hall–Kier alpha value is -2.44. The number of hydrogen-bond donors (Lipinski definition) is 1. The highest BCUT2D eigenvalue weighted by Gasteiger charge is 2.26. The van der Waals surface area contributed by atoms with Crippen LogP contribution in [0.1, 0.15) is 31.2 Å². The lowest BCUT2D eigenvalue weighted by atomic mass is 9.90. The van der Waals surface area contributed by atoms with Crippen LogP contribution in [0.25, 0.3) is 10.2 Å². The fraction of sp³-hybridized carbons (Fsp3) is 0.286. The molecule has 0 bridgehead atoms. The molecular weight excluding hydrogens is 396 g/mol. The van der Waals surface area contributed by atoms with E-state index in [1.165, 1.54) is 11.3 Å². The van der Waals surface area contributed by atoms with Gasteiger partial charge in [0.15, 0.2) is 0 Å². The number of nitrogens with one attached hydrogen (secondary N) is 1. The van der Waals surface area contributed by atoms with Gasteiger partial charge in [0.25, 0.3) is 5.19 Å². The number of nitrogens with zero attached hydrogens (tertiary/aromatic N) is 1. The van der Waals surface area contributed by atoms with Crippen LogP contribution in [-0.4, -0.2) is 23.2 Å². The van der Waals surface area contributed by atoms with E-state index in [1.54, 1.807) is 6.07 Å². The molecular formula is C21H19ClN2O3S. The summed E-state index contributed by atoms with van der Waals surface area (Å²) in [5.41, 5.74) is 1.78. The van der Waals surface area contributed by atoms with Gasteiger partial charge < -0.3 is 10.1 Å². The molecule has 0 spiro atoms. The predicted molar refractivity (Wildman–Crippen MR) is 110 cm³/mol. The summed E-state index contributed by atoms with van der Waals surface area (Å²) in [7, 11) is 0. The van der Waals surface area contributed by atoms with Gasteiger partial charge in [0.05, 0.1) is 10.2 Å². The molecule has 0 aliphatic carbocycles. The highest BCUT2D eigenvalue weighted by molar-refractivity contribution is 7.20. The third-order valence-corrected chi connectivity index (χ3v) is 6.08. The second-order valence-electron chi connectivity index (χ2n) is 7.03. The van der Waals surface area contributed by atoms with E-state index in [9.17, 15) is 9.59 Å². The summed E-state index contributed by atoms with van der Waals surface area (Å²) in [6.07, 6.45) is 0.866. The van der Waals surface area contributed by atoms with Gasteiger partial charge in [0.2, 0.25) is 5.91 Å². The number of thiazole rings is 1. The molecule has 1 aliphatic rings. The molecule has 5 nitrogen and oxygen atoms in total. The van der Waals surface area contributed by atoms with Crippen LogP contribution < -0.4 is 10.1 Å². The monoisotopic (exact) mass is 414 g/mol. The van der Waals surface area contributed by atoms with Gasteiger partial charge in [0, 0.05) is 30.3 Å². The number of rotatable bonds is 6. The number of halogens is 1. The first-order valence-electron chi connectivity index (χ1n) is 9.11. The topological polar surface area (TPSA) is 68.3 Å². The minimum Gasteiger partial charge on any atom is -0.431 e. The fourth-order valence-electron chi connectivity index (χ4n) is 3.30. The Balaban J connectivity index is 1.41. The standard InChI is InChI=1S/C21H19ClN2O3S/c1-12(18(25)8-13-9-20(26)23-11-13)14-2-5-16(6-3-14)27-21-24-17-7-4-15(22)10-19(17)28-21/h2-7,10,12-13H,8-9,11H2,1H3,(H,23,26).